The number of hydrogen-bond acceptors (Lipinski definition) is 6. The van der Waals surface area contributed by atoms with Gasteiger partial charge >= 0.3 is 0 Å². The maximum atomic E-state index is 13.1. The predicted octanol–water partition coefficient (Wildman–Crippen LogP) is 3.94. The number of phenols is 1. The molecule has 0 spiro atoms. The molecule has 7 heteroatoms. The number of hydrogen-bond donors (Lipinski definition) is 2. The number of likely N-dealkylation sites (tertiary alicyclic amines) is 1. The largest absolute Gasteiger partial charge is 0.508 e. The standard InChI is InChI=1S/C26H32N2O5/c1-4-27(5-2)15-8-16-28-23(19-9-7-10-20(29)17-19)22(25(31)26(28)32)24(30)18-11-13-21(14-12-18)33-6-3/h7,9-14,17,23,29-30H,4-6,8,15-16H2,1-3H3/t23-/m1/s1. The molecule has 1 aliphatic rings. The minimum Gasteiger partial charge on any atom is -0.508 e. The van der Waals surface area contributed by atoms with Crippen LogP contribution in [-0.4, -0.2) is 64.5 Å². The molecule has 176 valence electrons. The van der Waals surface area contributed by atoms with Crippen molar-refractivity contribution in [2.45, 2.75) is 33.2 Å². The van der Waals surface area contributed by atoms with Gasteiger partial charge in [0.15, 0.2) is 0 Å². The van der Waals surface area contributed by atoms with Crippen LogP contribution in [0.5, 0.6) is 11.5 Å². The van der Waals surface area contributed by atoms with E-state index < -0.39 is 17.7 Å². The quantitative estimate of drug-likeness (QED) is 0.322. The minimum atomic E-state index is -0.777. The Bertz CT molecular complexity index is 1010. The van der Waals surface area contributed by atoms with Gasteiger partial charge in [0.2, 0.25) is 0 Å². The van der Waals surface area contributed by atoms with E-state index in [2.05, 4.69) is 18.7 Å². The van der Waals surface area contributed by atoms with Gasteiger partial charge in [-0.2, -0.15) is 0 Å². The van der Waals surface area contributed by atoms with Crippen LogP contribution >= 0.6 is 0 Å². The van der Waals surface area contributed by atoms with Crippen molar-refractivity contribution in [3.8, 4) is 11.5 Å². The number of aliphatic hydroxyl groups is 1. The zero-order valence-corrected chi connectivity index (χ0v) is 19.5. The van der Waals surface area contributed by atoms with Crippen molar-refractivity contribution in [3.63, 3.8) is 0 Å². The van der Waals surface area contributed by atoms with Crippen molar-refractivity contribution >= 4 is 17.4 Å². The number of ketones is 1. The number of nitrogens with zero attached hydrogens (tertiary/aromatic N) is 2. The number of Topliss-reactive ketones (excluding diaryl/α,β-unsaturated/α-hetero) is 1. The number of carbonyl (C=O) groups excluding carboxylic acids is 2. The Morgan fingerprint density at radius 2 is 1.76 bits per heavy atom. The summed E-state index contributed by atoms with van der Waals surface area (Å²) in [5, 5.41) is 21.1. The summed E-state index contributed by atoms with van der Waals surface area (Å²) in [6, 6.07) is 12.4. The van der Waals surface area contributed by atoms with Crippen molar-refractivity contribution in [1.29, 1.82) is 0 Å². The van der Waals surface area contributed by atoms with E-state index in [4.69, 9.17) is 4.74 Å². The average molecular weight is 453 g/mol. The maximum Gasteiger partial charge on any atom is 0.295 e. The summed E-state index contributed by atoms with van der Waals surface area (Å²) in [4.78, 5) is 29.8. The fourth-order valence-corrected chi connectivity index (χ4v) is 4.19. The molecule has 1 aliphatic heterocycles. The van der Waals surface area contributed by atoms with Gasteiger partial charge in [-0.15, -0.1) is 0 Å². The summed E-state index contributed by atoms with van der Waals surface area (Å²) in [7, 11) is 0. The highest BCUT2D eigenvalue weighted by molar-refractivity contribution is 6.46. The zero-order valence-electron chi connectivity index (χ0n) is 19.5. The number of ether oxygens (including phenoxy) is 1. The van der Waals surface area contributed by atoms with Gasteiger partial charge in [-0.3, -0.25) is 9.59 Å². The molecule has 1 amide bonds. The lowest BCUT2D eigenvalue weighted by molar-refractivity contribution is -0.140. The topological polar surface area (TPSA) is 90.3 Å². The molecular formula is C26H32N2O5. The third kappa shape index (κ3) is 5.37. The summed E-state index contributed by atoms with van der Waals surface area (Å²) in [5.74, 6) is -0.929. The third-order valence-electron chi connectivity index (χ3n) is 5.93. The van der Waals surface area contributed by atoms with Crippen LogP contribution in [0.3, 0.4) is 0 Å². The van der Waals surface area contributed by atoms with Gasteiger partial charge in [0.05, 0.1) is 18.2 Å². The van der Waals surface area contributed by atoms with Gasteiger partial charge in [0.1, 0.15) is 17.3 Å². The first-order chi connectivity index (χ1) is 15.9. The average Bonchev–Trinajstić information content (AvgIpc) is 3.07. The number of amides is 1. The fourth-order valence-electron chi connectivity index (χ4n) is 4.19. The zero-order chi connectivity index (χ0) is 24.0. The van der Waals surface area contributed by atoms with Crippen molar-refractivity contribution < 1.29 is 24.5 Å². The molecule has 0 aromatic heterocycles. The van der Waals surface area contributed by atoms with Gasteiger partial charge in [0, 0.05) is 12.1 Å². The first-order valence-corrected chi connectivity index (χ1v) is 11.4. The predicted molar refractivity (Wildman–Crippen MR) is 127 cm³/mol. The second kappa shape index (κ2) is 11.0. The van der Waals surface area contributed by atoms with Crippen molar-refractivity contribution in [1.82, 2.24) is 9.80 Å². The highest BCUT2D eigenvalue weighted by atomic mass is 16.5. The van der Waals surface area contributed by atoms with E-state index in [0.29, 0.717) is 36.4 Å². The molecule has 33 heavy (non-hydrogen) atoms. The lowest BCUT2D eigenvalue weighted by atomic mass is 9.95. The summed E-state index contributed by atoms with van der Waals surface area (Å²) >= 11 is 0. The number of phenolic OH excluding ortho intramolecular Hbond substituents is 1. The van der Waals surface area contributed by atoms with Crippen LogP contribution in [0, 0.1) is 0 Å². The molecule has 0 aliphatic carbocycles. The monoisotopic (exact) mass is 452 g/mol. The number of rotatable bonds is 10. The molecule has 1 saturated heterocycles. The smallest absolute Gasteiger partial charge is 0.295 e. The van der Waals surface area contributed by atoms with Crippen molar-refractivity contribution in [3.05, 3.63) is 65.2 Å². The molecule has 7 nitrogen and oxygen atoms in total. The summed E-state index contributed by atoms with van der Waals surface area (Å²) in [6.45, 7) is 9.53. The van der Waals surface area contributed by atoms with E-state index >= 15 is 0 Å². The van der Waals surface area contributed by atoms with Gasteiger partial charge in [-0.05, 0) is 74.9 Å². The normalized spacial score (nSPS) is 17.7. The Labute approximate surface area is 194 Å². The van der Waals surface area contributed by atoms with E-state index in [0.717, 1.165) is 19.6 Å². The first kappa shape index (κ1) is 24.3. The Morgan fingerprint density at radius 3 is 2.36 bits per heavy atom. The third-order valence-corrected chi connectivity index (χ3v) is 5.93. The highest BCUT2D eigenvalue weighted by Gasteiger charge is 2.45. The molecule has 0 saturated carbocycles. The molecule has 2 N–H and O–H groups in total. The SMILES string of the molecule is CCOc1ccc(C(O)=C2C(=O)C(=O)N(CCCN(CC)CC)[C@@H]2c2cccc(O)c2)cc1. The molecule has 1 atom stereocenters. The number of aromatic hydroxyl groups is 1. The Hall–Kier alpha value is -3.32. The molecule has 1 heterocycles. The molecule has 2 aromatic rings. The van der Waals surface area contributed by atoms with Crippen LogP contribution in [0.4, 0.5) is 0 Å². The van der Waals surface area contributed by atoms with Crippen molar-refractivity contribution in [2.75, 3.05) is 32.8 Å². The number of aliphatic hydroxyl groups excluding tert-OH is 1. The van der Waals surface area contributed by atoms with E-state index in [1.54, 1.807) is 36.4 Å². The van der Waals surface area contributed by atoms with Crippen LogP contribution < -0.4 is 4.74 Å². The van der Waals surface area contributed by atoms with E-state index in [-0.39, 0.29) is 17.1 Å². The van der Waals surface area contributed by atoms with Crippen LogP contribution in [0.25, 0.3) is 5.76 Å². The summed E-state index contributed by atoms with van der Waals surface area (Å²) in [6.07, 6.45) is 0.688. The Kier molecular flexibility index (Phi) is 8.11. The minimum absolute atomic E-state index is 0.0256. The van der Waals surface area contributed by atoms with Crippen LogP contribution in [0.2, 0.25) is 0 Å². The number of carbonyl (C=O) groups is 2. The van der Waals surface area contributed by atoms with Gasteiger partial charge in [-0.25, -0.2) is 0 Å². The van der Waals surface area contributed by atoms with Crippen LogP contribution in [0.1, 0.15) is 44.4 Å². The fraction of sp³-hybridized carbons (Fsp3) is 0.385. The van der Waals surface area contributed by atoms with Gasteiger partial charge in [0.25, 0.3) is 11.7 Å². The van der Waals surface area contributed by atoms with Gasteiger partial charge in [-0.1, -0.05) is 26.0 Å². The summed E-state index contributed by atoms with van der Waals surface area (Å²) in [5.41, 5.74) is 1.02. The Morgan fingerprint density at radius 1 is 1.06 bits per heavy atom. The number of benzene rings is 2. The first-order valence-electron chi connectivity index (χ1n) is 11.4. The second-order valence-electron chi connectivity index (χ2n) is 7.93. The lowest BCUT2D eigenvalue weighted by Gasteiger charge is -2.27. The van der Waals surface area contributed by atoms with Crippen LogP contribution in [-0.2, 0) is 9.59 Å². The van der Waals surface area contributed by atoms with Gasteiger partial charge < -0.3 is 24.7 Å². The van der Waals surface area contributed by atoms with Crippen LogP contribution in [0.15, 0.2) is 54.1 Å². The maximum absolute atomic E-state index is 13.1. The highest BCUT2D eigenvalue weighted by Crippen LogP contribution is 2.40. The molecule has 1 fully saturated rings. The lowest BCUT2D eigenvalue weighted by Crippen LogP contribution is -2.33. The molecule has 0 unspecified atom stereocenters. The van der Waals surface area contributed by atoms with E-state index in [9.17, 15) is 19.8 Å². The summed E-state index contributed by atoms with van der Waals surface area (Å²) < 4.78 is 5.45. The molecule has 2 aromatic carbocycles. The van der Waals surface area contributed by atoms with E-state index in [1.165, 1.54) is 17.0 Å². The Balaban J connectivity index is 2.00. The molecule has 0 radical (unpaired) electrons. The van der Waals surface area contributed by atoms with E-state index in [1.807, 2.05) is 6.92 Å². The van der Waals surface area contributed by atoms with Crippen molar-refractivity contribution in [2.24, 2.45) is 0 Å². The molecule has 0 bridgehead atoms. The molecule has 3 rings (SSSR count). The second-order valence-corrected chi connectivity index (χ2v) is 7.93. The molecular weight excluding hydrogens is 420 g/mol.